The fourth-order valence-corrected chi connectivity index (χ4v) is 9.89. The normalized spacial score (nSPS) is 17.5. The quantitative estimate of drug-likeness (QED) is 0.0629. The van der Waals surface area contributed by atoms with Crippen molar-refractivity contribution in [3.63, 3.8) is 0 Å². The number of thiazole rings is 1. The molecule has 0 radical (unpaired) electrons. The van der Waals surface area contributed by atoms with Crippen molar-refractivity contribution in [3.05, 3.63) is 52.5 Å². The minimum absolute atomic E-state index is 0.0106. The van der Waals surface area contributed by atoms with E-state index in [1.807, 2.05) is 101 Å². The third kappa shape index (κ3) is 19.1. The van der Waals surface area contributed by atoms with Crippen LogP contribution in [0.2, 0.25) is 0 Å². The van der Waals surface area contributed by atoms with Gasteiger partial charge >= 0.3 is 5.43 Å². The van der Waals surface area contributed by atoms with Crippen LogP contribution in [-0.4, -0.2) is 173 Å². The smallest absolute Gasteiger partial charge is 0.403 e. The second-order valence-electron chi connectivity index (χ2n) is 18.5. The first-order chi connectivity index (χ1) is 33.0. The lowest BCUT2D eigenvalue weighted by Crippen LogP contribution is -2.60. The Kier molecular flexibility index (Phi) is 27.2. The molecule has 0 spiro atoms. The SMILES string of the molecule is CC[C@H](C)C([C@@H](CC(=O)N1CCC[C@H]1[C@H](OC)[C@@H](C)C(=O)N[C@@H](Cc1ccccc1)c1nccs1)OC)N(C)C(=O)[C@@H](NC(=O)[C@H](C(C)C)N(C)CCOCCOCCOCCOC(=O)Cl)C(C)C. The summed E-state index contributed by atoms with van der Waals surface area (Å²) in [5.41, 5.74) is 0.208. The molecule has 1 fully saturated rings. The fourth-order valence-electron chi connectivity index (χ4n) is 9.12. The van der Waals surface area contributed by atoms with Crippen LogP contribution in [0.25, 0.3) is 0 Å². The molecule has 2 N–H and O–H groups in total. The van der Waals surface area contributed by atoms with Crippen LogP contribution >= 0.6 is 22.9 Å². The molecular weight excluding hydrogens is 928 g/mol. The van der Waals surface area contributed by atoms with Crippen molar-refractivity contribution in [2.24, 2.45) is 23.7 Å². The number of amides is 4. The van der Waals surface area contributed by atoms with Crippen molar-refractivity contribution >= 4 is 52.0 Å². The van der Waals surface area contributed by atoms with Gasteiger partial charge in [0.2, 0.25) is 23.6 Å². The van der Waals surface area contributed by atoms with Gasteiger partial charge in [-0.15, -0.1) is 11.3 Å². The van der Waals surface area contributed by atoms with Gasteiger partial charge in [0.05, 0.1) is 88.4 Å². The molecule has 2 heterocycles. The fraction of sp³-hybridized carbons (Fsp3) is 0.720. The topological polar surface area (TPSA) is 187 Å². The summed E-state index contributed by atoms with van der Waals surface area (Å²) >= 11 is 6.61. The Bertz CT molecular complexity index is 1810. The lowest BCUT2D eigenvalue weighted by atomic mass is 9.89. The number of likely N-dealkylation sites (tertiary alicyclic amines) is 1. The summed E-state index contributed by atoms with van der Waals surface area (Å²) in [4.78, 5) is 77.7. The minimum atomic E-state index is -0.871. The van der Waals surface area contributed by atoms with E-state index in [0.29, 0.717) is 65.4 Å². The Morgan fingerprint density at radius 1 is 0.855 bits per heavy atom. The van der Waals surface area contributed by atoms with Crippen LogP contribution in [0.15, 0.2) is 41.9 Å². The predicted octanol–water partition coefficient (Wildman–Crippen LogP) is 5.99. The molecule has 2 aromatic rings. The summed E-state index contributed by atoms with van der Waals surface area (Å²) in [6, 6.07) is 7.43. The molecule has 0 bridgehead atoms. The molecule has 0 aliphatic carbocycles. The summed E-state index contributed by atoms with van der Waals surface area (Å²) in [6.45, 7) is 16.7. The number of aromatic nitrogens is 1. The second kappa shape index (κ2) is 31.6. The third-order valence-corrected chi connectivity index (χ3v) is 14.0. The van der Waals surface area contributed by atoms with E-state index in [2.05, 4.69) is 20.4 Å². The number of rotatable bonds is 33. The van der Waals surface area contributed by atoms with Gasteiger partial charge in [0, 0.05) is 57.5 Å². The van der Waals surface area contributed by atoms with Gasteiger partial charge in [-0.2, -0.15) is 0 Å². The van der Waals surface area contributed by atoms with Crippen LogP contribution in [0.3, 0.4) is 0 Å². The van der Waals surface area contributed by atoms with E-state index in [9.17, 15) is 24.0 Å². The highest BCUT2D eigenvalue weighted by molar-refractivity contribution is 7.09. The molecule has 17 nitrogen and oxygen atoms in total. The maximum atomic E-state index is 14.6. The van der Waals surface area contributed by atoms with Crippen LogP contribution < -0.4 is 10.6 Å². The Labute approximate surface area is 419 Å². The molecular formula is C50H81ClN6O11S. The highest BCUT2D eigenvalue weighted by Crippen LogP contribution is 2.31. The average Bonchev–Trinajstić information content (AvgIpc) is 4.04. The second-order valence-corrected chi connectivity index (χ2v) is 19.8. The first-order valence-corrected chi connectivity index (χ1v) is 25.6. The number of carbonyl (C=O) groups is 5. The maximum Gasteiger partial charge on any atom is 0.403 e. The Hall–Kier alpha value is -3.75. The van der Waals surface area contributed by atoms with Crippen molar-refractivity contribution in [2.45, 2.75) is 123 Å². The van der Waals surface area contributed by atoms with Crippen LogP contribution in [0.4, 0.5) is 4.79 Å². The zero-order chi connectivity index (χ0) is 51.0. The number of nitrogens with one attached hydrogen (secondary N) is 2. The van der Waals surface area contributed by atoms with Gasteiger partial charge in [0.25, 0.3) is 0 Å². The number of methoxy groups -OCH3 is 2. The molecule has 0 saturated carbocycles. The number of likely N-dealkylation sites (N-methyl/N-ethyl adjacent to an activating group) is 2. The summed E-state index contributed by atoms with van der Waals surface area (Å²) in [5.74, 6) is -1.81. The number of ether oxygens (including phenoxy) is 6. The summed E-state index contributed by atoms with van der Waals surface area (Å²) < 4.78 is 33.4. The Morgan fingerprint density at radius 3 is 2.04 bits per heavy atom. The van der Waals surface area contributed by atoms with Gasteiger partial charge in [-0.3, -0.25) is 24.1 Å². The van der Waals surface area contributed by atoms with Crippen molar-refractivity contribution in [1.82, 2.24) is 30.3 Å². The number of halogens is 1. The number of carbonyl (C=O) groups excluding carboxylic acids is 5. The monoisotopic (exact) mass is 1010 g/mol. The Morgan fingerprint density at radius 2 is 1.49 bits per heavy atom. The summed E-state index contributed by atoms with van der Waals surface area (Å²) in [5, 5.41) is 9.05. The Balaban J connectivity index is 1.65. The minimum Gasteiger partial charge on any atom is -0.451 e. The van der Waals surface area contributed by atoms with Crippen LogP contribution in [0.5, 0.6) is 0 Å². The van der Waals surface area contributed by atoms with E-state index in [1.165, 1.54) is 11.3 Å². The first kappa shape index (κ1) is 59.6. The number of hydrogen-bond donors (Lipinski definition) is 2. The molecule has 19 heteroatoms. The van der Waals surface area contributed by atoms with E-state index < -0.39 is 41.7 Å². The van der Waals surface area contributed by atoms with E-state index >= 15 is 0 Å². The number of nitrogens with zero attached hydrogens (tertiary/aromatic N) is 4. The van der Waals surface area contributed by atoms with E-state index in [1.54, 1.807) is 32.4 Å². The predicted molar refractivity (Wildman–Crippen MR) is 267 cm³/mol. The van der Waals surface area contributed by atoms with E-state index in [0.717, 1.165) is 17.0 Å². The van der Waals surface area contributed by atoms with Gasteiger partial charge < -0.3 is 48.9 Å². The summed E-state index contributed by atoms with van der Waals surface area (Å²) in [6.07, 6.45) is 3.24. The third-order valence-electron chi connectivity index (χ3n) is 13.0. The standard InChI is InChI=1S/C50H81ClN6O11S/c1-12-35(6)44(56(9)49(61)42(33(2)3)54-47(60)43(34(4)5)55(8)22-23-65-24-25-66-26-27-67-28-29-68-50(51)62)40(63-10)32-41(58)57-21-16-19-39(57)45(64-11)36(7)46(59)53-38(48-52-20-30-69-48)31-37-17-14-13-15-18-37/h13-15,17-18,20,30,33-36,38-40,42-45H,12,16,19,21-29,31-32H2,1-11H3,(H,53,59)(H,54,60)/t35-,36+,38-,39-,40+,42-,43-,44?,45+/m0/s1. The van der Waals surface area contributed by atoms with Crippen molar-refractivity contribution in [1.29, 1.82) is 0 Å². The lowest BCUT2D eigenvalue weighted by molar-refractivity contribution is -0.148. The van der Waals surface area contributed by atoms with Gasteiger partial charge in [-0.25, -0.2) is 9.78 Å². The van der Waals surface area contributed by atoms with Gasteiger partial charge in [-0.05, 0) is 49.6 Å². The molecule has 1 aliphatic rings. The van der Waals surface area contributed by atoms with Crippen LogP contribution in [0.1, 0.15) is 90.8 Å². The van der Waals surface area contributed by atoms with Crippen LogP contribution in [0, 0.1) is 23.7 Å². The molecule has 1 aromatic carbocycles. The number of benzene rings is 1. The largest absolute Gasteiger partial charge is 0.451 e. The van der Waals surface area contributed by atoms with Crippen molar-refractivity contribution in [2.75, 3.05) is 87.7 Å². The average molecular weight is 1010 g/mol. The van der Waals surface area contributed by atoms with E-state index in [-0.39, 0.29) is 73.1 Å². The molecule has 390 valence electrons. The number of hydrogen-bond acceptors (Lipinski definition) is 14. The van der Waals surface area contributed by atoms with Crippen molar-refractivity contribution in [3.8, 4) is 0 Å². The zero-order valence-electron chi connectivity index (χ0n) is 42.9. The molecule has 1 aromatic heterocycles. The molecule has 9 atom stereocenters. The highest BCUT2D eigenvalue weighted by atomic mass is 35.5. The van der Waals surface area contributed by atoms with Gasteiger partial charge in [0.15, 0.2) is 0 Å². The van der Waals surface area contributed by atoms with Crippen LogP contribution in [-0.2, 0) is 54.0 Å². The molecule has 1 aliphatic heterocycles. The first-order valence-electron chi connectivity index (χ1n) is 24.4. The van der Waals surface area contributed by atoms with Gasteiger partial charge in [-0.1, -0.05) is 85.2 Å². The molecule has 4 amide bonds. The molecule has 1 unspecified atom stereocenters. The molecule has 3 rings (SSSR count). The molecule has 1 saturated heterocycles. The highest BCUT2D eigenvalue weighted by Gasteiger charge is 2.43. The summed E-state index contributed by atoms with van der Waals surface area (Å²) in [7, 11) is 6.75. The molecule has 69 heavy (non-hydrogen) atoms. The van der Waals surface area contributed by atoms with E-state index in [4.69, 9.17) is 35.3 Å². The maximum absolute atomic E-state index is 14.6. The van der Waals surface area contributed by atoms with Crippen molar-refractivity contribution < 1.29 is 52.4 Å². The van der Waals surface area contributed by atoms with Gasteiger partial charge in [0.1, 0.15) is 17.7 Å². The zero-order valence-corrected chi connectivity index (χ0v) is 44.4. The lowest BCUT2D eigenvalue weighted by Gasteiger charge is -2.41.